The third kappa shape index (κ3) is 2.30. The quantitative estimate of drug-likeness (QED) is 0.634. The van der Waals surface area contributed by atoms with Crippen LogP contribution < -0.4 is 0 Å². The van der Waals surface area contributed by atoms with Gasteiger partial charge in [-0.1, -0.05) is 12.8 Å². The minimum Gasteiger partial charge on any atom is -0.338 e. The molecule has 0 bridgehead atoms. The molecule has 2 aliphatic rings. The molecular weight excluding hydrogens is 210 g/mol. The molecule has 3 atom stereocenters. The molecular formula is C12H20ClNO. The van der Waals surface area contributed by atoms with Crippen molar-refractivity contribution in [3.05, 3.63) is 0 Å². The Morgan fingerprint density at radius 1 is 1.27 bits per heavy atom. The van der Waals surface area contributed by atoms with E-state index in [1.807, 2.05) is 0 Å². The number of alkyl halides is 1. The summed E-state index contributed by atoms with van der Waals surface area (Å²) in [7, 11) is 0. The molecule has 1 heterocycles. The standard InChI is InChI=1S/C12H20ClNO/c1-9(13)12(15)14-8-4-6-10-5-2-3-7-11(10)14/h9-11H,2-8H2,1H3/t9-,10-,11+/m0/s1. The van der Waals surface area contributed by atoms with Gasteiger partial charge in [-0.2, -0.15) is 0 Å². The maximum Gasteiger partial charge on any atom is 0.240 e. The number of carbonyl (C=O) groups excluding carboxylic acids is 1. The summed E-state index contributed by atoms with van der Waals surface area (Å²) in [4.78, 5) is 14.0. The van der Waals surface area contributed by atoms with Crippen LogP contribution in [0, 0.1) is 5.92 Å². The van der Waals surface area contributed by atoms with Crippen LogP contribution in [-0.2, 0) is 4.79 Å². The third-order valence-corrected chi connectivity index (χ3v) is 4.05. The highest BCUT2D eigenvalue weighted by Gasteiger charge is 2.36. The predicted octanol–water partition coefficient (Wildman–Crippen LogP) is 2.79. The van der Waals surface area contributed by atoms with E-state index in [0.29, 0.717) is 6.04 Å². The number of rotatable bonds is 1. The van der Waals surface area contributed by atoms with Crippen molar-refractivity contribution < 1.29 is 4.79 Å². The van der Waals surface area contributed by atoms with Gasteiger partial charge in [0.05, 0.1) is 0 Å². The van der Waals surface area contributed by atoms with Crippen molar-refractivity contribution in [2.75, 3.05) is 6.54 Å². The minimum absolute atomic E-state index is 0.147. The fraction of sp³-hybridized carbons (Fsp3) is 0.917. The molecule has 0 N–H and O–H groups in total. The molecule has 2 nitrogen and oxygen atoms in total. The largest absolute Gasteiger partial charge is 0.338 e. The molecule has 2 fully saturated rings. The maximum atomic E-state index is 11.9. The zero-order chi connectivity index (χ0) is 10.8. The van der Waals surface area contributed by atoms with Crippen LogP contribution >= 0.6 is 11.6 Å². The van der Waals surface area contributed by atoms with E-state index in [1.54, 1.807) is 6.92 Å². The first-order valence-electron chi connectivity index (χ1n) is 6.14. The summed E-state index contributed by atoms with van der Waals surface area (Å²) in [5.41, 5.74) is 0. The monoisotopic (exact) mass is 229 g/mol. The molecule has 1 aliphatic carbocycles. The Hall–Kier alpha value is -0.240. The van der Waals surface area contributed by atoms with Crippen molar-refractivity contribution in [2.24, 2.45) is 5.92 Å². The highest BCUT2D eigenvalue weighted by molar-refractivity contribution is 6.30. The van der Waals surface area contributed by atoms with Crippen LogP contribution in [0.3, 0.4) is 0 Å². The predicted molar refractivity (Wildman–Crippen MR) is 62.0 cm³/mol. The van der Waals surface area contributed by atoms with Crippen LogP contribution in [0.2, 0.25) is 0 Å². The molecule has 1 amide bonds. The molecule has 0 aromatic carbocycles. The Labute approximate surface area is 97.0 Å². The van der Waals surface area contributed by atoms with E-state index < -0.39 is 0 Å². The lowest BCUT2D eigenvalue weighted by Crippen LogP contribution is -2.51. The number of halogens is 1. The Morgan fingerprint density at radius 2 is 1.93 bits per heavy atom. The summed E-state index contributed by atoms with van der Waals surface area (Å²) in [6.45, 7) is 2.72. The van der Waals surface area contributed by atoms with Gasteiger partial charge in [-0.15, -0.1) is 11.6 Å². The number of fused-ring (bicyclic) bond motifs is 1. The average molecular weight is 230 g/mol. The molecule has 1 saturated carbocycles. The van der Waals surface area contributed by atoms with Gasteiger partial charge < -0.3 is 4.90 Å². The van der Waals surface area contributed by atoms with E-state index in [1.165, 1.54) is 32.1 Å². The van der Waals surface area contributed by atoms with Crippen molar-refractivity contribution in [3.8, 4) is 0 Å². The molecule has 0 unspecified atom stereocenters. The molecule has 0 aromatic heterocycles. The number of nitrogens with zero attached hydrogens (tertiary/aromatic N) is 1. The summed E-state index contributed by atoms with van der Waals surface area (Å²) in [6.07, 6.45) is 7.61. The lowest BCUT2D eigenvalue weighted by atomic mass is 9.78. The van der Waals surface area contributed by atoms with E-state index in [0.717, 1.165) is 18.9 Å². The molecule has 86 valence electrons. The van der Waals surface area contributed by atoms with Crippen LogP contribution in [0.25, 0.3) is 0 Å². The number of carbonyl (C=O) groups is 1. The second-order valence-electron chi connectivity index (χ2n) is 4.90. The summed E-state index contributed by atoms with van der Waals surface area (Å²) in [5, 5.41) is -0.356. The van der Waals surface area contributed by atoms with Gasteiger partial charge in [0.2, 0.25) is 5.91 Å². The van der Waals surface area contributed by atoms with E-state index >= 15 is 0 Å². The van der Waals surface area contributed by atoms with Gasteiger partial charge in [-0.05, 0) is 38.5 Å². The highest BCUT2D eigenvalue weighted by Crippen LogP contribution is 2.35. The summed E-state index contributed by atoms with van der Waals surface area (Å²) >= 11 is 5.90. The summed E-state index contributed by atoms with van der Waals surface area (Å²) in [5.74, 6) is 0.903. The molecule has 0 spiro atoms. The van der Waals surface area contributed by atoms with Gasteiger partial charge in [0.1, 0.15) is 5.38 Å². The van der Waals surface area contributed by atoms with Crippen molar-refractivity contribution in [1.82, 2.24) is 4.90 Å². The maximum absolute atomic E-state index is 11.9. The molecule has 0 aromatic rings. The zero-order valence-electron chi connectivity index (χ0n) is 9.42. The first-order chi connectivity index (χ1) is 7.20. The van der Waals surface area contributed by atoms with Crippen molar-refractivity contribution in [1.29, 1.82) is 0 Å². The van der Waals surface area contributed by atoms with E-state index in [9.17, 15) is 4.79 Å². The number of piperidine rings is 1. The molecule has 3 heteroatoms. The number of amides is 1. The van der Waals surface area contributed by atoms with Crippen LogP contribution in [0.15, 0.2) is 0 Å². The third-order valence-electron chi connectivity index (χ3n) is 3.87. The van der Waals surface area contributed by atoms with Gasteiger partial charge in [0, 0.05) is 12.6 Å². The van der Waals surface area contributed by atoms with Gasteiger partial charge in [-0.3, -0.25) is 4.79 Å². The van der Waals surface area contributed by atoms with Crippen molar-refractivity contribution in [3.63, 3.8) is 0 Å². The Balaban J connectivity index is 2.06. The van der Waals surface area contributed by atoms with E-state index in [4.69, 9.17) is 11.6 Å². The van der Waals surface area contributed by atoms with Crippen LogP contribution in [0.4, 0.5) is 0 Å². The van der Waals surface area contributed by atoms with E-state index in [-0.39, 0.29) is 11.3 Å². The number of hydrogen-bond donors (Lipinski definition) is 0. The smallest absolute Gasteiger partial charge is 0.240 e. The van der Waals surface area contributed by atoms with Gasteiger partial charge in [0.15, 0.2) is 0 Å². The van der Waals surface area contributed by atoms with Gasteiger partial charge in [-0.25, -0.2) is 0 Å². The summed E-state index contributed by atoms with van der Waals surface area (Å²) < 4.78 is 0. The van der Waals surface area contributed by atoms with E-state index in [2.05, 4.69) is 4.90 Å². The van der Waals surface area contributed by atoms with Gasteiger partial charge >= 0.3 is 0 Å². The average Bonchev–Trinajstić information content (AvgIpc) is 2.27. The molecule has 0 radical (unpaired) electrons. The molecule has 15 heavy (non-hydrogen) atoms. The molecule has 1 saturated heterocycles. The number of hydrogen-bond acceptors (Lipinski definition) is 1. The SMILES string of the molecule is C[C@H](Cl)C(=O)N1CCC[C@@H]2CCCC[C@H]21. The zero-order valence-corrected chi connectivity index (χ0v) is 10.2. The molecule has 1 aliphatic heterocycles. The Bertz CT molecular complexity index is 240. The second-order valence-corrected chi connectivity index (χ2v) is 5.56. The number of likely N-dealkylation sites (tertiary alicyclic amines) is 1. The first kappa shape index (κ1) is 11.3. The van der Waals surface area contributed by atoms with Crippen molar-refractivity contribution in [2.45, 2.75) is 56.9 Å². The van der Waals surface area contributed by atoms with Crippen LogP contribution in [0.5, 0.6) is 0 Å². The van der Waals surface area contributed by atoms with Gasteiger partial charge in [0.25, 0.3) is 0 Å². The summed E-state index contributed by atoms with van der Waals surface area (Å²) in [6, 6.07) is 0.501. The lowest BCUT2D eigenvalue weighted by molar-refractivity contribution is -0.136. The normalized spacial score (nSPS) is 33.3. The Morgan fingerprint density at radius 3 is 2.67 bits per heavy atom. The minimum atomic E-state index is -0.356. The van der Waals surface area contributed by atoms with Crippen molar-refractivity contribution >= 4 is 17.5 Å². The fourth-order valence-electron chi connectivity index (χ4n) is 3.13. The first-order valence-corrected chi connectivity index (χ1v) is 6.58. The topological polar surface area (TPSA) is 20.3 Å². The van der Waals surface area contributed by atoms with Crippen LogP contribution in [-0.4, -0.2) is 28.8 Å². The Kier molecular flexibility index (Phi) is 3.55. The highest BCUT2D eigenvalue weighted by atomic mass is 35.5. The fourth-order valence-corrected chi connectivity index (χ4v) is 3.25. The van der Waals surface area contributed by atoms with Crippen LogP contribution in [0.1, 0.15) is 45.4 Å². The molecule has 2 rings (SSSR count). The second kappa shape index (κ2) is 4.73. The lowest BCUT2D eigenvalue weighted by Gasteiger charge is -2.44.